The Labute approximate surface area is 211 Å². The second-order valence-corrected chi connectivity index (χ2v) is 11.0. The van der Waals surface area contributed by atoms with Crippen LogP contribution in [0.5, 0.6) is 0 Å². The van der Waals surface area contributed by atoms with Crippen molar-refractivity contribution in [2.24, 2.45) is 0 Å². The Hall–Kier alpha value is -2.17. The SMILES string of the molecule is O=C(Nc1nn(Cc2cccc(F)c2)cc1Cl)c1cc(S(=O)(=O)N2CCCCC2)c(Cl)cc1Cl. The van der Waals surface area contributed by atoms with E-state index in [1.54, 1.807) is 12.1 Å². The maximum atomic E-state index is 13.4. The number of benzene rings is 2. The third kappa shape index (κ3) is 5.39. The minimum atomic E-state index is -3.89. The van der Waals surface area contributed by atoms with Crippen molar-refractivity contribution in [2.45, 2.75) is 30.7 Å². The summed E-state index contributed by atoms with van der Waals surface area (Å²) in [6.45, 7) is 1.01. The van der Waals surface area contributed by atoms with E-state index in [-0.39, 0.29) is 43.7 Å². The quantitative estimate of drug-likeness (QED) is 0.446. The molecule has 0 atom stereocenters. The first kappa shape index (κ1) is 24.9. The maximum Gasteiger partial charge on any atom is 0.258 e. The van der Waals surface area contributed by atoms with E-state index in [2.05, 4.69) is 10.4 Å². The molecule has 4 rings (SSSR count). The second kappa shape index (κ2) is 10.2. The molecular weight excluding hydrogens is 526 g/mol. The van der Waals surface area contributed by atoms with Crippen LogP contribution in [-0.4, -0.2) is 41.5 Å². The number of piperidine rings is 1. The Morgan fingerprint density at radius 3 is 2.47 bits per heavy atom. The average molecular weight is 546 g/mol. The minimum absolute atomic E-state index is 0.0181. The number of hydrogen-bond acceptors (Lipinski definition) is 4. The van der Waals surface area contributed by atoms with Crippen LogP contribution in [0.15, 0.2) is 47.5 Å². The van der Waals surface area contributed by atoms with Gasteiger partial charge in [0.2, 0.25) is 10.0 Å². The molecule has 34 heavy (non-hydrogen) atoms. The highest BCUT2D eigenvalue weighted by atomic mass is 35.5. The fourth-order valence-corrected chi connectivity index (χ4v) is 6.25. The number of hydrogen-bond donors (Lipinski definition) is 1. The highest BCUT2D eigenvalue weighted by molar-refractivity contribution is 7.89. The summed E-state index contributed by atoms with van der Waals surface area (Å²) in [5.41, 5.74) is 0.572. The van der Waals surface area contributed by atoms with Crippen molar-refractivity contribution in [1.29, 1.82) is 0 Å². The van der Waals surface area contributed by atoms with Gasteiger partial charge in [-0.1, -0.05) is 53.4 Å². The number of carbonyl (C=O) groups is 1. The van der Waals surface area contributed by atoms with Gasteiger partial charge in [-0.3, -0.25) is 9.48 Å². The molecule has 1 aliphatic rings. The number of sulfonamides is 1. The van der Waals surface area contributed by atoms with Crippen molar-refractivity contribution >= 4 is 56.6 Å². The molecule has 2 aromatic carbocycles. The summed E-state index contributed by atoms with van der Waals surface area (Å²) < 4.78 is 42.5. The van der Waals surface area contributed by atoms with Crippen LogP contribution in [-0.2, 0) is 16.6 Å². The van der Waals surface area contributed by atoms with E-state index in [9.17, 15) is 17.6 Å². The monoisotopic (exact) mass is 544 g/mol. The highest BCUT2D eigenvalue weighted by Gasteiger charge is 2.30. The molecule has 12 heteroatoms. The molecule has 2 heterocycles. The molecule has 1 saturated heterocycles. The molecule has 1 aromatic heterocycles. The van der Waals surface area contributed by atoms with Crippen LogP contribution in [0.3, 0.4) is 0 Å². The van der Waals surface area contributed by atoms with E-state index in [0.29, 0.717) is 18.7 Å². The van der Waals surface area contributed by atoms with Crippen LogP contribution in [0.4, 0.5) is 10.2 Å². The summed E-state index contributed by atoms with van der Waals surface area (Å²) in [6.07, 6.45) is 3.96. The zero-order chi connectivity index (χ0) is 24.5. The molecule has 0 bridgehead atoms. The lowest BCUT2D eigenvalue weighted by Crippen LogP contribution is -2.35. The lowest BCUT2D eigenvalue weighted by molar-refractivity contribution is 0.102. The third-order valence-corrected chi connectivity index (χ3v) is 8.33. The number of halogens is 4. The molecule has 1 fully saturated rings. The molecule has 0 saturated carbocycles. The molecule has 7 nitrogen and oxygen atoms in total. The van der Waals surface area contributed by atoms with Crippen LogP contribution in [0.25, 0.3) is 0 Å². The zero-order valence-corrected chi connectivity index (χ0v) is 20.9. The fraction of sp³-hybridized carbons (Fsp3) is 0.273. The van der Waals surface area contributed by atoms with Crippen LogP contribution in [0.2, 0.25) is 15.1 Å². The number of anilines is 1. The summed E-state index contributed by atoms with van der Waals surface area (Å²) in [5, 5.41) is 6.84. The third-order valence-electron chi connectivity index (χ3n) is 5.38. The number of nitrogens with one attached hydrogen (secondary N) is 1. The first-order valence-corrected chi connectivity index (χ1v) is 13.0. The smallest absolute Gasteiger partial charge is 0.258 e. The van der Waals surface area contributed by atoms with Gasteiger partial charge in [0.1, 0.15) is 15.7 Å². The zero-order valence-electron chi connectivity index (χ0n) is 17.8. The van der Waals surface area contributed by atoms with E-state index < -0.39 is 15.9 Å². The summed E-state index contributed by atoms with van der Waals surface area (Å²) in [6, 6.07) is 8.41. The topological polar surface area (TPSA) is 84.3 Å². The standard InChI is InChI=1S/C22H20Cl3FN4O3S/c23-17-11-18(24)20(34(32,33)30-7-2-1-3-8-30)10-16(17)22(31)27-21-19(25)13-29(28-21)12-14-5-4-6-15(26)9-14/h4-6,9-11,13H,1-3,7-8,12H2,(H,27,28,31). The predicted molar refractivity (Wildman–Crippen MR) is 130 cm³/mol. The van der Waals surface area contributed by atoms with Gasteiger partial charge in [0, 0.05) is 19.3 Å². The maximum absolute atomic E-state index is 13.4. The summed E-state index contributed by atoms with van der Waals surface area (Å²) in [7, 11) is -3.89. The Balaban J connectivity index is 1.58. The largest absolute Gasteiger partial charge is 0.304 e. The molecule has 0 unspecified atom stereocenters. The molecule has 180 valence electrons. The number of rotatable bonds is 6. The molecular formula is C22H20Cl3FN4O3S. The van der Waals surface area contributed by atoms with Crippen molar-refractivity contribution in [3.05, 3.63) is 74.6 Å². The van der Waals surface area contributed by atoms with Crippen molar-refractivity contribution < 1.29 is 17.6 Å². The van der Waals surface area contributed by atoms with Gasteiger partial charge >= 0.3 is 0 Å². The fourth-order valence-electron chi connectivity index (χ4n) is 3.71. The van der Waals surface area contributed by atoms with E-state index in [1.807, 2.05) is 0 Å². The van der Waals surface area contributed by atoms with Crippen LogP contribution in [0, 0.1) is 5.82 Å². The Morgan fingerprint density at radius 1 is 1.03 bits per heavy atom. The van der Waals surface area contributed by atoms with E-state index >= 15 is 0 Å². The van der Waals surface area contributed by atoms with Gasteiger partial charge in [0.15, 0.2) is 5.82 Å². The molecule has 1 aliphatic heterocycles. The second-order valence-electron chi connectivity index (χ2n) is 7.83. The van der Waals surface area contributed by atoms with E-state index in [4.69, 9.17) is 34.8 Å². The van der Waals surface area contributed by atoms with Crippen molar-refractivity contribution in [3.63, 3.8) is 0 Å². The van der Waals surface area contributed by atoms with E-state index in [0.717, 1.165) is 19.3 Å². The number of aromatic nitrogens is 2. The molecule has 0 aliphatic carbocycles. The predicted octanol–water partition coefficient (Wildman–Crippen LogP) is 5.46. The average Bonchev–Trinajstić information content (AvgIpc) is 3.12. The van der Waals surface area contributed by atoms with Gasteiger partial charge in [0.25, 0.3) is 5.91 Å². The number of amides is 1. The normalized spacial score (nSPS) is 14.8. The van der Waals surface area contributed by atoms with Gasteiger partial charge < -0.3 is 5.32 Å². The lowest BCUT2D eigenvalue weighted by Gasteiger charge is -2.26. The van der Waals surface area contributed by atoms with Gasteiger partial charge in [0.05, 0.1) is 22.2 Å². The lowest BCUT2D eigenvalue weighted by atomic mass is 10.2. The Bertz CT molecular complexity index is 1340. The van der Waals surface area contributed by atoms with Crippen molar-refractivity contribution in [1.82, 2.24) is 14.1 Å². The van der Waals surface area contributed by atoms with Gasteiger partial charge in [-0.05, 0) is 42.7 Å². The molecule has 3 aromatic rings. The Kier molecular flexibility index (Phi) is 7.49. The Morgan fingerprint density at radius 2 is 1.76 bits per heavy atom. The molecule has 0 radical (unpaired) electrons. The molecule has 1 amide bonds. The van der Waals surface area contributed by atoms with Crippen LogP contribution >= 0.6 is 34.8 Å². The summed E-state index contributed by atoms with van der Waals surface area (Å²) in [5.74, 6) is -1.03. The highest BCUT2D eigenvalue weighted by Crippen LogP contribution is 2.32. The molecule has 0 spiro atoms. The first-order chi connectivity index (χ1) is 16.1. The molecule has 1 N–H and O–H groups in total. The minimum Gasteiger partial charge on any atom is -0.304 e. The first-order valence-electron chi connectivity index (χ1n) is 10.4. The van der Waals surface area contributed by atoms with Gasteiger partial charge in [-0.15, -0.1) is 0 Å². The van der Waals surface area contributed by atoms with Crippen molar-refractivity contribution in [3.8, 4) is 0 Å². The van der Waals surface area contributed by atoms with Crippen LogP contribution in [0.1, 0.15) is 35.2 Å². The van der Waals surface area contributed by atoms with E-state index in [1.165, 1.54) is 39.4 Å². The number of carbonyl (C=O) groups excluding carboxylic acids is 1. The summed E-state index contributed by atoms with van der Waals surface area (Å²) >= 11 is 18.6. The number of nitrogens with zero attached hydrogens (tertiary/aromatic N) is 3. The van der Waals surface area contributed by atoms with Gasteiger partial charge in [-0.2, -0.15) is 9.40 Å². The summed E-state index contributed by atoms with van der Waals surface area (Å²) in [4.78, 5) is 12.8. The van der Waals surface area contributed by atoms with Crippen LogP contribution < -0.4 is 5.32 Å². The van der Waals surface area contributed by atoms with Gasteiger partial charge in [-0.25, -0.2) is 12.8 Å². The van der Waals surface area contributed by atoms with Crippen molar-refractivity contribution in [2.75, 3.05) is 18.4 Å².